The van der Waals surface area contributed by atoms with Crippen molar-refractivity contribution in [3.8, 4) is 0 Å². The molecule has 0 aliphatic rings. The van der Waals surface area contributed by atoms with Crippen LogP contribution >= 0.6 is 0 Å². The Bertz CT molecular complexity index is 1400. The smallest absolute Gasteiger partial charge is 0.306 e. The van der Waals surface area contributed by atoms with E-state index in [0.717, 1.165) is 122 Å². The molecular formula is C61H98O5. The van der Waals surface area contributed by atoms with E-state index in [1.165, 1.54) is 57.8 Å². The van der Waals surface area contributed by atoms with E-state index in [9.17, 15) is 9.59 Å². The van der Waals surface area contributed by atoms with Gasteiger partial charge in [-0.25, -0.2) is 0 Å². The van der Waals surface area contributed by atoms with Crippen LogP contribution in [-0.4, -0.2) is 37.9 Å². The van der Waals surface area contributed by atoms with Gasteiger partial charge in [0, 0.05) is 19.4 Å². The zero-order chi connectivity index (χ0) is 47.7. The molecular weight excluding hydrogens is 813 g/mol. The summed E-state index contributed by atoms with van der Waals surface area (Å²) >= 11 is 0. The largest absolute Gasteiger partial charge is 0.462 e. The molecule has 0 aromatic rings. The second-order valence-corrected chi connectivity index (χ2v) is 17.0. The van der Waals surface area contributed by atoms with Gasteiger partial charge in [0.05, 0.1) is 6.61 Å². The molecule has 0 aromatic carbocycles. The summed E-state index contributed by atoms with van der Waals surface area (Å²) in [6.07, 6.45) is 78.9. The summed E-state index contributed by atoms with van der Waals surface area (Å²) in [6.45, 7) is 7.44. The predicted octanol–water partition coefficient (Wildman–Crippen LogP) is 18.3. The molecule has 5 heteroatoms. The van der Waals surface area contributed by atoms with Crippen LogP contribution in [0.5, 0.6) is 0 Å². The molecule has 5 nitrogen and oxygen atoms in total. The molecule has 1 unspecified atom stereocenters. The highest BCUT2D eigenvalue weighted by molar-refractivity contribution is 5.70. The van der Waals surface area contributed by atoms with Gasteiger partial charge in [-0.1, -0.05) is 206 Å². The molecule has 0 saturated carbocycles. The lowest BCUT2D eigenvalue weighted by atomic mass is 10.1. The molecule has 372 valence electrons. The normalized spacial score (nSPS) is 13.3. The van der Waals surface area contributed by atoms with Crippen LogP contribution in [0.15, 0.2) is 134 Å². The molecule has 0 aliphatic heterocycles. The minimum absolute atomic E-state index is 0.0334. The van der Waals surface area contributed by atoms with Crippen LogP contribution in [0.25, 0.3) is 0 Å². The fourth-order valence-electron chi connectivity index (χ4n) is 6.74. The number of esters is 2. The second-order valence-electron chi connectivity index (χ2n) is 17.0. The third kappa shape index (κ3) is 52.7. The molecule has 66 heavy (non-hydrogen) atoms. The lowest BCUT2D eigenvalue weighted by Crippen LogP contribution is -2.30. The summed E-state index contributed by atoms with van der Waals surface area (Å²) in [6, 6.07) is 0. The standard InChI is InChI=1S/C61H98O5/c1-4-7-10-13-16-19-22-25-28-30-32-35-38-41-44-47-50-53-56-64-57-59(66-61(63)55-52-49-46-43-40-37-33-27-24-21-18-15-12-9-6-3)58-65-60(62)54-51-48-45-42-39-36-34-31-29-26-23-20-17-14-11-8-5-2/h7-8,10-11,16-21,25-29,32-36,42,45,59H,4-6,9,12-15,22-24,30-31,37-41,43-44,46-58H2,1-3H3/b10-7-,11-8-,19-16-,20-17-,21-18-,28-25-,29-26-,33-27-,35-32-,36-34-,45-42-. The van der Waals surface area contributed by atoms with E-state index in [4.69, 9.17) is 14.2 Å². The van der Waals surface area contributed by atoms with E-state index >= 15 is 0 Å². The summed E-state index contributed by atoms with van der Waals surface area (Å²) in [4.78, 5) is 25.4. The first-order valence-electron chi connectivity index (χ1n) is 26.7. The van der Waals surface area contributed by atoms with Gasteiger partial charge in [-0.2, -0.15) is 0 Å². The first-order chi connectivity index (χ1) is 32.6. The van der Waals surface area contributed by atoms with Crippen molar-refractivity contribution >= 4 is 11.9 Å². The molecule has 0 aliphatic carbocycles. The SMILES string of the molecule is CC/C=C\C/C=C\C/C=C\C/C=C\C/C=C\CCCC(=O)OCC(COCCCCCCC/C=C\C/C=C\C/C=C\C/C=C\CC)OC(=O)CCCCCCC/C=C\C/C=C\CCCCC. The van der Waals surface area contributed by atoms with Crippen molar-refractivity contribution in [3.05, 3.63) is 134 Å². The molecule has 0 bridgehead atoms. The molecule has 0 radical (unpaired) electrons. The molecule has 0 N–H and O–H groups in total. The monoisotopic (exact) mass is 911 g/mol. The van der Waals surface area contributed by atoms with Gasteiger partial charge >= 0.3 is 11.9 Å². The molecule has 0 spiro atoms. The van der Waals surface area contributed by atoms with E-state index in [-0.39, 0.29) is 25.2 Å². The Morgan fingerprint density at radius 3 is 1.14 bits per heavy atom. The van der Waals surface area contributed by atoms with Gasteiger partial charge in [0.15, 0.2) is 6.10 Å². The molecule has 0 heterocycles. The molecule has 1 atom stereocenters. The Morgan fingerprint density at radius 2 is 0.697 bits per heavy atom. The third-order valence-corrected chi connectivity index (χ3v) is 10.7. The van der Waals surface area contributed by atoms with Gasteiger partial charge in [0.2, 0.25) is 0 Å². The van der Waals surface area contributed by atoms with E-state index < -0.39 is 6.10 Å². The van der Waals surface area contributed by atoms with Gasteiger partial charge in [0.25, 0.3) is 0 Å². The predicted molar refractivity (Wildman–Crippen MR) is 288 cm³/mol. The van der Waals surface area contributed by atoms with Gasteiger partial charge in [-0.3, -0.25) is 9.59 Å². The summed E-state index contributed by atoms with van der Waals surface area (Å²) in [7, 11) is 0. The number of hydrogen-bond donors (Lipinski definition) is 0. The topological polar surface area (TPSA) is 61.8 Å². The Labute approximate surface area is 407 Å². The van der Waals surface area contributed by atoms with Gasteiger partial charge in [-0.15, -0.1) is 0 Å². The second kappa shape index (κ2) is 55.4. The highest BCUT2D eigenvalue weighted by Crippen LogP contribution is 2.12. The fraction of sp³-hybridized carbons (Fsp3) is 0.607. The minimum atomic E-state index is -0.587. The summed E-state index contributed by atoms with van der Waals surface area (Å²) < 4.78 is 17.4. The van der Waals surface area contributed by atoms with Crippen molar-refractivity contribution in [3.63, 3.8) is 0 Å². The van der Waals surface area contributed by atoms with E-state index in [2.05, 4.69) is 154 Å². The summed E-state index contributed by atoms with van der Waals surface area (Å²) in [5.41, 5.74) is 0. The average Bonchev–Trinajstić information content (AvgIpc) is 3.32. The molecule has 0 saturated heterocycles. The van der Waals surface area contributed by atoms with E-state index in [0.29, 0.717) is 19.4 Å². The highest BCUT2D eigenvalue weighted by Gasteiger charge is 2.17. The Hall–Kier alpha value is -3.96. The summed E-state index contributed by atoms with van der Waals surface area (Å²) in [5, 5.41) is 0. The molecule has 0 amide bonds. The number of carbonyl (C=O) groups is 2. The maximum Gasteiger partial charge on any atom is 0.306 e. The average molecular weight is 911 g/mol. The van der Waals surface area contributed by atoms with Gasteiger partial charge < -0.3 is 14.2 Å². The Balaban J connectivity index is 4.46. The van der Waals surface area contributed by atoms with Crippen molar-refractivity contribution < 1.29 is 23.8 Å². The van der Waals surface area contributed by atoms with Crippen molar-refractivity contribution in [2.75, 3.05) is 19.8 Å². The number of allylic oxidation sites excluding steroid dienone is 22. The van der Waals surface area contributed by atoms with E-state index in [1.54, 1.807) is 0 Å². The van der Waals surface area contributed by atoms with Crippen LogP contribution in [0.3, 0.4) is 0 Å². The maximum atomic E-state index is 12.8. The lowest BCUT2D eigenvalue weighted by molar-refractivity contribution is -0.163. The zero-order valence-corrected chi connectivity index (χ0v) is 42.7. The van der Waals surface area contributed by atoms with Crippen LogP contribution in [0.1, 0.15) is 213 Å². The summed E-state index contributed by atoms with van der Waals surface area (Å²) in [5.74, 6) is -0.501. The molecule has 0 aromatic heterocycles. The van der Waals surface area contributed by atoms with E-state index in [1.807, 2.05) is 0 Å². The number of carbonyl (C=O) groups excluding carboxylic acids is 2. The van der Waals surface area contributed by atoms with Crippen molar-refractivity contribution in [2.24, 2.45) is 0 Å². The lowest BCUT2D eigenvalue weighted by Gasteiger charge is -2.18. The van der Waals surface area contributed by atoms with Gasteiger partial charge in [-0.05, 0) is 128 Å². The number of unbranched alkanes of at least 4 members (excludes halogenated alkanes) is 14. The number of ether oxygens (including phenoxy) is 3. The van der Waals surface area contributed by atoms with Crippen LogP contribution in [0.4, 0.5) is 0 Å². The van der Waals surface area contributed by atoms with Gasteiger partial charge in [0.1, 0.15) is 6.61 Å². The van der Waals surface area contributed by atoms with Crippen molar-refractivity contribution in [2.45, 2.75) is 219 Å². The number of rotatable bonds is 47. The first-order valence-corrected chi connectivity index (χ1v) is 26.7. The Morgan fingerprint density at radius 1 is 0.348 bits per heavy atom. The molecule has 0 rings (SSSR count). The fourth-order valence-corrected chi connectivity index (χ4v) is 6.74. The van der Waals surface area contributed by atoms with Crippen LogP contribution in [0, 0.1) is 0 Å². The van der Waals surface area contributed by atoms with Crippen LogP contribution in [-0.2, 0) is 23.8 Å². The number of hydrogen-bond acceptors (Lipinski definition) is 5. The van der Waals surface area contributed by atoms with Crippen LogP contribution < -0.4 is 0 Å². The maximum absolute atomic E-state index is 12.8. The first kappa shape index (κ1) is 62.0. The minimum Gasteiger partial charge on any atom is -0.462 e. The van der Waals surface area contributed by atoms with Crippen LogP contribution in [0.2, 0.25) is 0 Å². The quantitative estimate of drug-likeness (QED) is 0.0346. The zero-order valence-electron chi connectivity index (χ0n) is 42.7. The third-order valence-electron chi connectivity index (χ3n) is 10.7. The highest BCUT2D eigenvalue weighted by atomic mass is 16.6. The Kier molecular flexibility index (Phi) is 52.0. The van der Waals surface area contributed by atoms with Crippen molar-refractivity contribution in [1.29, 1.82) is 0 Å². The van der Waals surface area contributed by atoms with Crippen molar-refractivity contribution in [1.82, 2.24) is 0 Å². The molecule has 0 fully saturated rings.